The number of rotatable bonds is 6. The lowest BCUT2D eigenvalue weighted by molar-refractivity contribution is 0.0696. The maximum atomic E-state index is 13.7. The maximum Gasteiger partial charge on any atom is 0.335 e. The fraction of sp³-hybridized carbons (Fsp3) is 0.188. The van der Waals surface area contributed by atoms with Crippen LogP contribution in [-0.2, 0) is 6.61 Å². The topological polar surface area (TPSA) is 55.8 Å². The zero-order valence-corrected chi connectivity index (χ0v) is 11.5. The monoisotopic (exact) mass is 290 g/mol. The van der Waals surface area contributed by atoms with E-state index in [1.165, 1.54) is 12.1 Å². The van der Waals surface area contributed by atoms with Crippen molar-refractivity contribution in [1.82, 2.24) is 0 Å². The molecule has 5 heteroatoms. The molecule has 0 bridgehead atoms. The summed E-state index contributed by atoms with van der Waals surface area (Å²) >= 11 is 0. The molecule has 0 heterocycles. The third kappa shape index (κ3) is 3.95. The van der Waals surface area contributed by atoms with Crippen LogP contribution in [0.25, 0.3) is 0 Å². The molecule has 4 nitrogen and oxygen atoms in total. The molecule has 0 unspecified atom stereocenters. The molecule has 0 saturated heterocycles. The fourth-order valence-electron chi connectivity index (χ4n) is 1.76. The van der Waals surface area contributed by atoms with Gasteiger partial charge in [-0.25, -0.2) is 9.18 Å². The van der Waals surface area contributed by atoms with Crippen LogP contribution in [-0.4, -0.2) is 17.7 Å². The highest BCUT2D eigenvalue weighted by Crippen LogP contribution is 2.19. The molecular weight excluding hydrogens is 275 g/mol. The summed E-state index contributed by atoms with van der Waals surface area (Å²) in [6.45, 7) is 2.51. The highest BCUT2D eigenvalue weighted by Gasteiger charge is 2.08. The van der Waals surface area contributed by atoms with Crippen molar-refractivity contribution in [3.05, 3.63) is 59.4 Å². The van der Waals surface area contributed by atoms with Crippen LogP contribution in [0.3, 0.4) is 0 Å². The van der Waals surface area contributed by atoms with E-state index in [0.29, 0.717) is 17.9 Å². The Labute approximate surface area is 121 Å². The van der Waals surface area contributed by atoms with Crippen molar-refractivity contribution in [2.24, 2.45) is 0 Å². The molecule has 0 aliphatic heterocycles. The van der Waals surface area contributed by atoms with E-state index in [1.807, 2.05) is 6.92 Å². The standard InChI is InChI=1S/C16H15FO4/c1-2-20-13-5-7-14(8-6-13)21-10-12-4-3-11(16(18)19)9-15(12)17/h3-9H,2,10H2,1H3,(H,18,19). The lowest BCUT2D eigenvalue weighted by atomic mass is 10.1. The minimum atomic E-state index is -1.16. The number of benzene rings is 2. The van der Waals surface area contributed by atoms with E-state index < -0.39 is 11.8 Å². The molecule has 0 amide bonds. The molecule has 110 valence electrons. The van der Waals surface area contributed by atoms with Crippen molar-refractivity contribution in [2.75, 3.05) is 6.61 Å². The molecule has 0 saturated carbocycles. The number of carboxylic acids is 1. The maximum absolute atomic E-state index is 13.7. The predicted octanol–water partition coefficient (Wildman–Crippen LogP) is 3.50. The van der Waals surface area contributed by atoms with Crippen LogP contribution in [0.4, 0.5) is 4.39 Å². The van der Waals surface area contributed by atoms with E-state index in [1.54, 1.807) is 24.3 Å². The van der Waals surface area contributed by atoms with Crippen LogP contribution < -0.4 is 9.47 Å². The number of carboxylic acid groups (broad SMARTS) is 1. The van der Waals surface area contributed by atoms with Gasteiger partial charge in [-0.15, -0.1) is 0 Å². The van der Waals surface area contributed by atoms with Gasteiger partial charge in [-0.3, -0.25) is 0 Å². The van der Waals surface area contributed by atoms with Gasteiger partial charge in [0.1, 0.15) is 23.9 Å². The first-order chi connectivity index (χ1) is 10.1. The van der Waals surface area contributed by atoms with Gasteiger partial charge in [0.25, 0.3) is 0 Å². The second-order valence-electron chi connectivity index (χ2n) is 4.30. The second-order valence-corrected chi connectivity index (χ2v) is 4.30. The van der Waals surface area contributed by atoms with Crippen molar-refractivity contribution in [1.29, 1.82) is 0 Å². The minimum absolute atomic E-state index is 0.0275. The number of hydrogen-bond donors (Lipinski definition) is 1. The van der Waals surface area contributed by atoms with Gasteiger partial charge >= 0.3 is 5.97 Å². The van der Waals surface area contributed by atoms with Gasteiger partial charge in [0.05, 0.1) is 12.2 Å². The fourth-order valence-corrected chi connectivity index (χ4v) is 1.76. The Balaban J connectivity index is 2.01. The number of aromatic carboxylic acids is 1. The molecule has 0 radical (unpaired) electrons. The van der Waals surface area contributed by atoms with Gasteiger partial charge < -0.3 is 14.6 Å². The highest BCUT2D eigenvalue weighted by molar-refractivity contribution is 5.87. The zero-order valence-electron chi connectivity index (χ0n) is 11.5. The Hall–Kier alpha value is -2.56. The van der Waals surface area contributed by atoms with E-state index in [2.05, 4.69) is 0 Å². The van der Waals surface area contributed by atoms with Crippen molar-refractivity contribution >= 4 is 5.97 Å². The lowest BCUT2D eigenvalue weighted by Crippen LogP contribution is -2.02. The summed E-state index contributed by atoms with van der Waals surface area (Å²) in [6, 6.07) is 10.7. The van der Waals surface area contributed by atoms with Crippen LogP contribution in [0.2, 0.25) is 0 Å². The number of ether oxygens (including phenoxy) is 2. The van der Waals surface area contributed by atoms with Crippen molar-refractivity contribution in [2.45, 2.75) is 13.5 Å². The molecule has 0 fully saturated rings. The number of halogens is 1. The van der Waals surface area contributed by atoms with E-state index in [0.717, 1.165) is 11.8 Å². The van der Waals surface area contributed by atoms with Crippen molar-refractivity contribution in [3.8, 4) is 11.5 Å². The van der Waals surface area contributed by atoms with E-state index in [-0.39, 0.29) is 12.2 Å². The van der Waals surface area contributed by atoms with Crippen LogP contribution >= 0.6 is 0 Å². The summed E-state index contributed by atoms with van der Waals surface area (Å²) in [5, 5.41) is 8.77. The molecule has 1 N–H and O–H groups in total. The quantitative estimate of drug-likeness (QED) is 0.884. The summed E-state index contributed by atoms with van der Waals surface area (Å²) in [7, 11) is 0. The molecule has 0 aromatic heterocycles. The van der Waals surface area contributed by atoms with Crippen molar-refractivity contribution in [3.63, 3.8) is 0 Å². The number of carbonyl (C=O) groups is 1. The van der Waals surface area contributed by atoms with Gasteiger partial charge in [0.2, 0.25) is 0 Å². The summed E-state index contributed by atoms with van der Waals surface area (Å²) in [5.41, 5.74) is 0.214. The lowest BCUT2D eigenvalue weighted by Gasteiger charge is -2.09. The Morgan fingerprint density at radius 2 is 1.71 bits per heavy atom. The third-order valence-corrected chi connectivity index (χ3v) is 2.83. The molecule has 0 aliphatic rings. The van der Waals surface area contributed by atoms with Crippen LogP contribution in [0.1, 0.15) is 22.8 Å². The Morgan fingerprint density at radius 1 is 1.10 bits per heavy atom. The van der Waals surface area contributed by atoms with E-state index in [9.17, 15) is 9.18 Å². The Kier molecular flexibility index (Phi) is 4.77. The number of hydrogen-bond acceptors (Lipinski definition) is 3. The molecule has 0 spiro atoms. The van der Waals surface area contributed by atoms with Crippen molar-refractivity contribution < 1.29 is 23.8 Å². The Morgan fingerprint density at radius 3 is 2.24 bits per heavy atom. The summed E-state index contributed by atoms with van der Waals surface area (Å²) < 4.78 is 24.5. The predicted molar refractivity (Wildman–Crippen MR) is 75.3 cm³/mol. The van der Waals surface area contributed by atoms with Gasteiger partial charge in [-0.2, -0.15) is 0 Å². The van der Waals surface area contributed by atoms with Gasteiger partial charge in [-0.1, -0.05) is 6.07 Å². The van der Waals surface area contributed by atoms with Crippen LogP contribution in [0, 0.1) is 5.82 Å². The normalized spacial score (nSPS) is 10.2. The van der Waals surface area contributed by atoms with Gasteiger partial charge in [0.15, 0.2) is 0 Å². The Bertz CT molecular complexity index is 623. The largest absolute Gasteiger partial charge is 0.494 e. The average molecular weight is 290 g/mol. The molecule has 2 aromatic carbocycles. The molecular formula is C16H15FO4. The smallest absolute Gasteiger partial charge is 0.335 e. The molecule has 0 aliphatic carbocycles. The summed E-state index contributed by atoms with van der Waals surface area (Å²) in [6.07, 6.45) is 0. The average Bonchev–Trinajstić information content (AvgIpc) is 2.47. The zero-order chi connectivity index (χ0) is 15.2. The highest BCUT2D eigenvalue weighted by atomic mass is 19.1. The SMILES string of the molecule is CCOc1ccc(OCc2ccc(C(=O)O)cc2F)cc1. The molecule has 0 atom stereocenters. The molecule has 21 heavy (non-hydrogen) atoms. The molecule has 2 aromatic rings. The third-order valence-electron chi connectivity index (χ3n) is 2.83. The van der Waals surface area contributed by atoms with Gasteiger partial charge in [-0.05, 0) is 43.3 Å². The van der Waals surface area contributed by atoms with Crippen LogP contribution in [0.5, 0.6) is 11.5 Å². The minimum Gasteiger partial charge on any atom is -0.494 e. The summed E-state index contributed by atoms with van der Waals surface area (Å²) in [4.78, 5) is 10.7. The first-order valence-corrected chi connectivity index (χ1v) is 6.47. The first-order valence-electron chi connectivity index (χ1n) is 6.47. The summed E-state index contributed by atoms with van der Waals surface area (Å²) in [5.74, 6) is -0.435. The van der Waals surface area contributed by atoms with Crippen LogP contribution in [0.15, 0.2) is 42.5 Å². The van der Waals surface area contributed by atoms with E-state index >= 15 is 0 Å². The van der Waals surface area contributed by atoms with Gasteiger partial charge in [0, 0.05) is 5.56 Å². The molecule has 2 rings (SSSR count). The second kappa shape index (κ2) is 6.74. The first kappa shape index (κ1) is 14.8. The van der Waals surface area contributed by atoms with E-state index in [4.69, 9.17) is 14.6 Å².